The zero-order chi connectivity index (χ0) is 19.2. The van der Waals surface area contributed by atoms with Crippen LogP contribution in [0.4, 0.5) is 0 Å². The number of carbonyl (C=O) groups excluding carboxylic acids is 1. The molecule has 1 amide bonds. The Hall–Kier alpha value is -2.41. The van der Waals surface area contributed by atoms with Crippen LogP contribution in [-0.4, -0.2) is 51.5 Å². The first-order valence-electron chi connectivity index (χ1n) is 9.72. The maximum atomic E-state index is 12.0. The van der Waals surface area contributed by atoms with Crippen molar-refractivity contribution in [3.8, 4) is 5.75 Å². The van der Waals surface area contributed by atoms with Crippen molar-refractivity contribution in [1.82, 2.24) is 25.2 Å². The minimum atomic E-state index is -0.166. The van der Waals surface area contributed by atoms with Gasteiger partial charge in [-0.1, -0.05) is 23.4 Å². The van der Waals surface area contributed by atoms with E-state index in [0.29, 0.717) is 12.3 Å². The van der Waals surface area contributed by atoms with Gasteiger partial charge in [-0.25, -0.2) is 4.68 Å². The van der Waals surface area contributed by atoms with E-state index in [1.54, 1.807) is 6.20 Å². The molecular formula is C20H29N5O2. The van der Waals surface area contributed by atoms with Crippen molar-refractivity contribution in [3.05, 3.63) is 41.7 Å². The van der Waals surface area contributed by atoms with Gasteiger partial charge >= 0.3 is 0 Å². The molecule has 1 aliphatic rings. The fourth-order valence-corrected chi connectivity index (χ4v) is 3.41. The quantitative estimate of drug-likeness (QED) is 0.810. The average Bonchev–Trinajstić information content (AvgIpc) is 3.14. The number of rotatable bonds is 7. The highest BCUT2D eigenvalue weighted by Gasteiger charge is 2.23. The molecule has 0 aliphatic carbocycles. The minimum Gasteiger partial charge on any atom is -0.494 e. The van der Waals surface area contributed by atoms with Gasteiger partial charge in [0.1, 0.15) is 5.75 Å². The summed E-state index contributed by atoms with van der Waals surface area (Å²) in [4.78, 5) is 14.5. The molecule has 146 valence electrons. The molecule has 0 spiro atoms. The van der Waals surface area contributed by atoms with Gasteiger partial charge in [-0.3, -0.25) is 9.69 Å². The van der Waals surface area contributed by atoms with E-state index in [2.05, 4.69) is 32.7 Å². The molecule has 0 saturated carbocycles. The predicted octanol–water partition coefficient (Wildman–Crippen LogP) is 2.65. The summed E-state index contributed by atoms with van der Waals surface area (Å²) in [5, 5.41) is 11.1. The van der Waals surface area contributed by atoms with Crippen molar-refractivity contribution in [2.24, 2.45) is 0 Å². The Bertz CT molecular complexity index is 750. The first kappa shape index (κ1) is 19.4. The topological polar surface area (TPSA) is 72.3 Å². The van der Waals surface area contributed by atoms with Crippen LogP contribution in [0.25, 0.3) is 0 Å². The molecule has 0 bridgehead atoms. The van der Waals surface area contributed by atoms with Gasteiger partial charge in [-0.15, -0.1) is 5.10 Å². The Labute approximate surface area is 160 Å². The molecule has 1 aliphatic heterocycles. The van der Waals surface area contributed by atoms with Crippen molar-refractivity contribution < 1.29 is 9.53 Å². The lowest BCUT2D eigenvalue weighted by atomic mass is 10.0. The third-order valence-electron chi connectivity index (χ3n) is 4.76. The normalized spacial score (nSPS) is 15.9. The van der Waals surface area contributed by atoms with Crippen LogP contribution in [-0.2, 0) is 6.54 Å². The van der Waals surface area contributed by atoms with E-state index in [1.807, 2.05) is 37.6 Å². The minimum absolute atomic E-state index is 0.0884. The summed E-state index contributed by atoms with van der Waals surface area (Å²) < 4.78 is 7.58. The molecule has 0 radical (unpaired) electrons. The zero-order valence-corrected chi connectivity index (χ0v) is 16.4. The number of hydrogen-bond acceptors (Lipinski definition) is 5. The van der Waals surface area contributed by atoms with Gasteiger partial charge in [0.15, 0.2) is 5.69 Å². The second kappa shape index (κ2) is 8.99. The molecule has 3 rings (SSSR count). The summed E-state index contributed by atoms with van der Waals surface area (Å²) in [5.74, 6) is 0.806. The highest BCUT2D eigenvalue weighted by Crippen LogP contribution is 2.25. The molecule has 2 aromatic rings. The van der Waals surface area contributed by atoms with E-state index in [4.69, 9.17) is 4.74 Å². The molecule has 0 atom stereocenters. The molecule has 27 heavy (non-hydrogen) atoms. The number of nitrogens with zero attached hydrogens (tertiary/aromatic N) is 4. The monoisotopic (exact) mass is 371 g/mol. The molecule has 1 fully saturated rings. The number of piperidine rings is 1. The van der Waals surface area contributed by atoms with Crippen molar-refractivity contribution in [2.75, 3.05) is 19.7 Å². The first-order chi connectivity index (χ1) is 13.1. The maximum Gasteiger partial charge on any atom is 0.273 e. The number of para-hydroxylation sites is 1. The van der Waals surface area contributed by atoms with Gasteiger partial charge in [0.2, 0.25) is 0 Å². The van der Waals surface area contributed by atoms with Gasteiger partial charge in [-0.2, -0.15) is 0 Å². The average molecular weight is 371 g/mol. The van der Waals surface area contributed by atoms with Crippen LogP contribution in [0.1, 0.15) is 55.7 Å². The van der Waals surface area contributed by atoms with Gasteiger partial charge in [0.25, 0.3) is 5.91 Å². The fourth-order valence-electron chi connectivity index (χ4n) is 3.41. The third kappa shape index (κ3) is 5.07. The second-order valence-corrected chi connectivity index (χ2v) is 7.26. The van der Waals surface area contributed by atoms with Crippen LogP contribution in [0.3, 0.4) is 0 Å². The molecule has 1 N–H and O–H groups in total. The SMILES string of the molecule is CCOc1ccccc1CN1CCC(n2cc(C(=O)NC(C)C)nn2)CC1. The number of ether oxygens (including phenoxy) is 1. The summed E-state index contributed by atoms with van der Waals surface area (Å²) in [6.45, 7) is 9.41. The number of benzene rings is 1. The van der Waals surface area contributed by atoms with Crippen molar-refractivity contribution in [3.63, 3.8) is 0 Å². The lowest BCUT2D eigenvalue weighted by molar-refractivity contribution is 0.0938. The van der Waals surface area contributed by atoms with Gasteiger partial charge in [-0.05, 0) is 39.7 Å². The number of amides is 1. The zero-order valence-electron chi connectivity index (χ0n) is 16.4. The summed E-state index contributed by atoms with van der Waals surface area (Å²) in [6, 6.07) is 8.61. The van der Waals surface area contributed by atoms with Crippen molar-refractivity contribution >= 4 is 5.91 Å². The van der Waals surface area contributed by atoms with Gasteiger partial charge in [0, 0.05) is 31.2 Å². The van der Waals surface area contributed by atoms with Crippen LogP contribution < -0.4 is 10.1 Å². The van der Waals surface area contributed by atoms with Crippen LogP contribution in [0.2, 0.25) is 0 Å². The van der Waals surface area contributed by atoms with E-state index < -0.39 is 0 Å². The number of likely N-dealkylation sites (tertiary alicyclic amines) is 1. The van der Waals surface area contributed by atoms with Crippen LogP contribution in [0.15, 0.2) is 30.5 Å². The number of aromatic nitrogens is 3. The summed E-state index contributed by atoms with van der Waals surface area (Å²) >= 11 is 0. The van der Waals surface area contributed by atoms with Crippen LogP contribution in [0, 0.1) is 0 Å². The smallest absolute Gasteiger partial charge is 0.273 e. The van der Waals surface area contributed by atoms with E-state index in [9.17, 15) is 4.79 Å². The maximum absolute atomic E-state index is 12.0. The number of hydrogen-bond donors (Lipinski definition) is 1. The molecule has 1 aromatic carbocycles. The summed E-state index contributed by atoms with van der Waals surface area (Å²) in [7, 11) is 0. The van der Waals surface area contributed by atoms with E-state index in [1.165, 1.54) is 5.56 Å². The van der Waals surface area contributed by atoms with E-state index in [-0.39, 0.29) is 18.0 Å². The molecule has 0 unspecified atom stereocenters. The molecule has 1 aromatic heterocycles. The Morgan fingerprint density at radius 2 is 2.04 bits per heavy atom. The second-order valence-electron chi connectivity index (χ2n) is 7.26. The molecular weight excluding hydrogens is 342 g/mol. The molecule has 7 heteroatoms. The Morgan fingerprint density at radius 3 is 2.74 bits per heavy atom. The predicted molar refractivity (Wildman–Crippen MR) is 104 cm³/mol. The lowest BCUT2D eigenvalue weighted by Crippen LogP contribution is -2.34. The highest BCUT2D eigenvalue weighted by molar-refractivity contribution is 5.91. The van der Waals surface area contributed by atoms with E-state index >= 15 is 0 Å². The number of nitrogens with one attached hydrogen (secondary N) is 1. The molecule has 7 nitrogen and oxygen atoms in total. The molecule has 2 heterocycles. The van der Waals surface area contributed by atoms with Gasteiger partial charge in [0.05, 0.1) is 18.8 Å². The van der Waals surface area contributed by atoms with Crippen LogP contribution >= 0.6 is 0 Å². The largest absolute Gasteiger partial charge is 0.494 e. The summed E-state index contributed by atoms with van der Waals surface area (Å²) in [6.07, 6.45) is 3.75. The van der Waals surface area contributed by atoms with Crippen molar-refractivity contribution in [1.29, 1.82) is 0 Å². The number of carbonyl (C=O) groups is 1. The van der Waals surface area contributed by atoms with Crippen molar-refractivity contribution in [2.45, 2.75) is 52.2 Å². The third-order valence-corrected chi connectivity index (χ3v) is 4.76. The first-order valence-corrected chi connectivity index (χ1v) is 9.72. The van der Waals surface area contributed by atoms with Crippen LogP contribution in [0.5, 0.6) is 5.75 Å². The molecule has 1 saturated heterocycles. The lowest BCUT2D eigenvalue weighted by Gasteiger charge is -2.32. The Kier molecular flexibility index (Phi) is 6.45. The van der Waals surface area contributed by atoms with Gasteiger partial charge < -0.3 is 10.1 Å². The highest BCUT2D eigenvalue weighted by atomic mass is 16.5. The summed E-state index contributed by atoms with van der Waals surface area (Å²) in [5.41, 5.74) is 1.61. The fraction of sp³-hybridized carbons (Fsp3) is 0.550. The Balaban J connectivity index is 1.55. The standard InChI is InChI=1S/C20H29N5O2/c1-4-27-19-8-6-5-7-16(19)13-24-11-9-17(10-12-24)25-14-18(22-23-25)20(26)21-15(2)3/h5-8,14-15,17H,4,9-13H2,1-3H3,(H,21,26). The Morgan fingerprint density at radius 1 is 1.30 bits per heavy atom. The van der Waals surface area contributed by atoms with E-state index in [0.717, 1.165) is 38.2 Å².